The van der Waals surface area contributed by atoms with E-state index in [2.05, 4.69) is 20.6 Å². The Hall–Kier alpha value is -1.92. The summed E-state index contributed by atoms with van der Waals surface area (Å²) in [4.78, 5) is 12.3. The largest absolute Gasteiger partial charge is 0.379 e. The van der Waals surface area contributed by atoms with E-state index in [-0.39, 0.29) is 6.04 Å². The Bertz CT molecular complexity index is 782. The fourth-order valence-electron chi connectivity index (χ4n) is 3.23. The summed E-state index contributed by atoms with van der Waals surface area (Å²) < 4.78 is 7.95. The van der Waals surface area contributed by atoms with Gasteiger partial charge in [0, 0.05) is 18.2 Å². The summed E-state index contributed by atoms with van der Waals surface area (Å²) in [5.74, 6) is 0.913. The first-order chi connectivity index (χ1) is 10.3. The third-order valence-electron chi connectivity index (χ3n) is 4.17. The van der Waals surface area contributed by atoms with Gasteiger partial charge in [-0.15, -0.1) is 0 Å². The van der Waals surface area contributed by atoms with E-state index in [1.54, 1.807) is 0 Å². The average molecular weight is 285 g/mol. The smallest absolute Gasteiger partial charge is 0.139 e. The van der Waals surface area contributed by atoms with Crippen LogP contribution in [0, 0.1) is 0 Å². The molecule has 2 atom stereocenters. The number of hydrogen-bond acceptors (Lipinski definition) is 4. The molecule has 3 aromatic rings. The third-order valence-corrected chi connectivity index (χ3v) is 4.17. The maximum absolute atomic E-state index is 6.15. The van der Waals surface area contributed by atoms with Crippen LogP contribution in [0.5, 0.6) is 0 Å². The van der Waals surface area contributed by atoms with Crippen LogP contribution in [0.25, 0.3) is 22.1 Å². The summed E-state index contributed by atoms with van der Waals surface area (Å²) in [6, 6.07) is 2.23. The number of rotatable bonds is 2. The van der Waals surface area contributed by atoms with Crippen LogP contribution in [-0.4, -0.2) is 32.7 Å². The van der Waals surface area contributed by atoms with Gasteiger partial charge in [-0.05, 0) is 25.8 Å². The molecule has 1 saturated heterocycles. The summed E-state index contributed by atoms with van der Waals surface area (Å²) in [5, 5.41) is 1.09. The Morgan fingerprint density at radius 1 is 1.52 bits per heavy atom. The number of hydrogen-bond donors (Lipinski definition) is 2. The van der Waals surface area contributed by atoms with E-state index >= 15 is 0 Å². The molecule has 0 spiro atoms. The molecule has 1 aliphatic rings. The van der Waals surface area contributed by atoms with Crippen molar-refractivity contribution in [1.29, 1.82) is 0 Å². The molecule has 0 aliphatic carbocycles. The highest BCUT2D eigenvalue weighted by molar-refractivity contribution is 6.01. The molecule has 1 aliphatic heterocycles. The predicted octanol–water partition coefficient (Wildman–Crippen LogP) is 2.28. The van der Waals surface area contributed by atoms with Crippen LogP contribution in [0.15, 0.2) is 18.5 Å². The van der Waals surface area contributed by atoms with E-state index in [1.165, 1.54) is 0 Å². The van der Waals surface area contributed by atoms with Gasteiger partial charge in [0.2, 0.25) is 0 Å². The number of fused-ring (bicyclic) bond motifs is 3. The van der Waals surface area contributed by atoms with Crippen LogP contribution in [0.4, 0.5) is 0 Å². The molecule has 1 fully saturated rings. The number of aromatic nitrogens is 4. The quantitative estimate of drug-likeness (QED) is 0.757. The van der Waals surface area contributed by atoms with Crippen molar-refractivity contribution < 1.29 is 4.74 Å². The van der Waals surface area contributed by atoms with Crippen LogP contribution in [0.2, 0.25) is 0 Å². The van der Waals surface area contributed by atoms with Crippen LogP contribution in [0.3, 0.4) is 0 Å². The predicted molar refractivity (Wildman–Crippen MR) is 81.1 cm³/mol. The van der Waals surface area contributed by atoms with Crippen molar-refractivity contribution in [2.45, 2.75) is 31.8 Å². The highest BCUT2D eigenvalue weighted by Crippen LogP contribution is 2.32. The summed E-state index contributed by atoms with van der Waals surface area (Å²) in [5.41, 5.74) is 9.06. The Labute approximate surface area is 122 Å². The molecule has 0 saturated carbocycles. The van der Waals surface area contributed by atoms with Gasteiger partial charge in [0.25, 0.3) is 0 Å². The van der Waals surface area contributed by atoms with Gasteiger partial charge in [0.1, 0.15) is 17.0 Å². The van der Waals surface area contributed by atoms with Crippen molar-refractivity contribution >= 4 is 22.1 Å². The summed E-state index contributed by atoms with van der Waals surface area (Å²) >= 11 is 0. The molecule has 1 unspecified atom stereocenters. The van der Waals surface area contributed by atoms with Crippen molar-refractivity contribution in [3.63, 3.8) is 0 Å². The standard InChI is InChI=1S/C15H19N5O/c1-9(16)15-19-12-7-18-14-11(4-5-17-14)13(12)20(15)10-3-2-6-21-8-10/h4-5,7,9-10H,2-3,6,8,16H2,1H3,(H,17,18)/t9-,10?/m1/s1. The van der Waals surface area contributed by atoms with Gasteiger partial charge in [0.05, 0.1) is 30.4 Å². The maximum Gasteiger partial charge on any atom is 0.139 e. The lowest BCUT2D eigenvalue weighted by molar-refractivity contribution is 0.0593. The van der Waals surface area contributed by atoms with E-state index < -0.39 is 0 Å². The molecule has 6 heteroatoms. The minimum Gasteiger partial charge on any atom is -0.379 e. The lowest BCUT2D eigenvalue weighted by Gasteiger charge is -2.26. The number of imidazole rings is 1. The zero-order chi connectivity index (χ0) is 14.4. The van der Waals surface area contributed by atoms with Gasteiger partial charge in [-0.3, -0.25) is 0 Å². The second-order valence-corrected chi connectivity index (χ2v) is 5.73. The minimum absolute atomic E-state index is 0.117. The topological polar surface area (TPSA) is 81.8 Å². The Morgan fingerprint density at radius 2 is 2.43 bits per heavy atom. The first kappa shape index (κ1) is 12.8. The molecule has 3 N–H and O–H groups in total. The molecular formula is C15H19N5O. The zero-order valence-electron chi connectivity index (χ0n) is 12.0. The molecular weight excluding hydrogens is 266 g/mol. The maximum atomic E-state index is 6.15. The molecule has 0 aromatic carbocycles. The van der Waals surface area contributed by atoms with Gasteiger partial charge in [-0.2, -0.15) is 0 Å². The van der Waals surface area contributed by atoms with Crippen LogP contribution in [0.1, 0.15) is 37.7 Å². The second kappa shape index (κ2) is 4.82. The van der Waals surface area contributed by atoms with Crippen LogP contribution < -0.4 is 5.73 Å². The monoisotopic (exact) mass is 285 g/mol. The lowest BCUT2D eigenvalue weighted by Crippen LogP contribution is -2.25. The fraction of sp³-hybridized carbons (Fsp3) is 0.467. The SMILES string of the molecule is C[C@@H](N)c1nc2cnc3[nH]ccc3c2n1C1CCCOC1. The second-order valence-electron chi connectivity index (χ2n) is 5.73. The van der Waals surface area contributed by atoms with Crippen LogP contribution >= 0.6 is 0 Å². The number of ether oxygens (including phenoxy) is 1. The first-order valence-corrected chi connectivity index (χ1v) is 7.43. The van der Waals surface area contributed by atoms with Crippen molar-refractivity contribution in [2.24, 2.45) is 5.73 Å². The number of H-pyrrole nitrogens is 1. The molecule has 6 nitrogen and oxygen atoms in total. The van der Waals surface area contributed by atoms with E-state index in [0.29, 0.717) is 6.04 Å². The molecule has 0 bridgehead atoms. The number of nitrogens with two attached hydrogens (primary N) is 1. The van der Waals surface area contributed by atoms with Crippen molar-refractivity contribution in [3.8, 4) is 0 Å². The first-order valence-electron chi connectivity index (χ1n) is 7.43. The third kappa shape index (κ3) is 1.94. The fourth-order valence-corrected chi connectivity index (χ4v) is 3.23. The number of pyridine rings is 1. The molecule has 4 rings (SSSR count). The van der Waals surface area contributed by atoms with Gasteiger partial charge in [-0.1, -0.05) is 0 Å². The van der Waals surface area contributed by atoms with Crippen LogP contribution in [-0.2, 0) is 4.74 Å². The van der Waals surface area contributed by atoms with E-state index in [4.69, 9.17) is 15.5 Å². The van der Waals surface area contributed by atoms with Gasteiger partial charge >= 0.3 is 0 Å². The van der Waals surface area contributed by atoms with E-state index in [1.807, 2.05) is 19.3 Å². The Kier molecular flexibility index (Phi) is 2.94. The van der Waals surface area contributed by atoms with Gasteiger partial charge in [-0.25, -0.2) is 9.97 Å². The van der Waals surface area contributed by atoms with Crippen molar-refractivity contribution in [3.05, 3.63) is 24.3 Å². The highest BCUT2D eigenvalue weighted by Gasteiger charge is 2.24. The normalized spacial score (nSPS) is 21.1. The van der Waals surface area contributed by atoms with Gasteiger partial charge in [0.15, 0.2) is 0 Å². The summed E-state index contributed by atoms with van der Waals surface area (Å²) in [7, 11) is 0. The van der Waals surface area contributed by atoms with Crippen molar-refractivity contribution in [1.82, 2.24) is 19.5 Å². The average Bonchev–Trinajstić information content (AvgIpc) is 3.11. The molecule has 4 heterocycles. The summed E-state index contributed by atoms with van der Waals surface area (Å²) in [6.45, 7) is 3.54. The molecule has 110 valence electrons. The molecule has 0 amide bonds. The lowest BCUT2D eigenvalue weighted by atomic mass is 10.1. The number of nitrogens with one attached hydrogen (secondary N) is 1. The minimum atomic E-state index is -0.117. The zero-order valence-corrected chi connectivity index (χ0v) is 12.0. The molecule has 3 aromatic heterocycles. The molecule has 21 heavy (non-hydrogen) atoms. The van der Waals surface area contributed by atoms with Gasteiger partial charge < -0.3 is 20.0 Å². The molecule has 0 radical (unpaired) electrons. The van der Waals surface area contributed by atoms with Crippen molar-refractivity contribution in [2.75, 3.05) is 13.2 Å². The Morgan fingerprint density at radius 3 is 3.19 bits per heavy atom. The van der Waals surface area contributed by atoms with E-state index in [9.17, 15) is 0 Å². The highest BCUT2D eigenvalue weighted by atomic mass is 16.5. The summed E-state index contributed by atoms with van der Waals surface area (Å²) in [6.07, 6.45) is 5.90. The number of nitrogens with zero attached hydrogens (tertiary/aromatic N) is 3. The number of aromatic amines is 1. The van der Waals surface area contributed by atoms with E-state index in [0.717, 1.165) is 53.9 Å². The Balaban J connectivity index is 2.03.